The van der Waals surface area contributed by atoms with Crippen molar-refractivity contribution in [1.29, 1.82) is 0 Å². The van der Waals surface area contributed by atoms with Gasteiger partial charge in [0, 0.05) is 11.1 Å². The summed E-state index contributed by atoms with van der Waals surface area (Å²) in [6, 6.07) is 8.62. The predicted octanol–water partition coefficient (Wildman–Crippen LogP) is 4.21. The maximum absolute atomic E-state index is 13.7. The van der Waals surface area contributed by atoms with E-state index in [1.54, 1.807) is 6.07 Å². The van der Waals surface area contributed by atoms with Gasteiger partial charge in [-0.2, -0.15) is 0 Å². The second-order valence-corrected chi connectivity index (χ2v) is 6.36. The van der Waals surface area contributed by atoms with Crippen molar-refractivity contribution in [2.24, 2.45) is 0 Å². The number of hydrogen-bond donors (Lipinski definition) is 0. The maximum Gasteiger partial charge on any atom is 0.193 e. The Hall–Kier alpha value is -1.78. The topological polar surface area (TPSA) is 20.3 Å². The molecule has 1 aliphatic carbocycles. The van der Waals surface area contributed by atoms with E-state index in [0.29, 0.717) is 23.1 Å². The average molecular weight is 352 g/mol. The van der Waals surface area contributed by atoms with E-state index in [1.165, 1.54) is 30.3 Å². The average Bonchev–Trinajstić information content (AvgIpc) is 2.61. The minimum atomic E-state index is -0.422. The summed E-state index contributed by atoms with van der Waals surface area (Å²) in [7, 11) is 3.97. The van der Waals surface area contributed by atoms with Gasteiger partial charge >= 0.3 is 0 Å². The van der Waals surface area contributed by atoms with Gasteiger partial charge in [0.15, 0.2) is 5.78 Å². The molecule has 0 saturated heterocycles. The zero-order valence-electron chi connectivity index (χ0n) is 13.7. The number of halogens is 3. The van der Waals surface area contributed by atoms with Gasteiger partial charge in [0.1, 0.15) is 11.6 Å². The fourth-order valence-electron chi connectivity index (χ4n) is 3.23. The van der Waals surface area contributed by atoms with Gasteiger partial charge in [0.2, 0.25) is 0 Å². The third kappa shape index (κ3) is 3.65. The Morgan fingerprint density at radius 3 is 2.42 bits per heavy atom. The molecule has 0 aliphatic heterocycles. The van der Waals surface area contributed by atoms with Gasteiger partial charge in [-0.3, -0.25) is 4.79 Å². The van der Waals surface area contributed by atoms with Gasteiger partial charge in [0.25, 0.3) is 0 Å². The van der Waals surface area contributed by atoms with Crippen LogP contribution >= 0.6 is 12.4 Å². The minimum Gasteiger partial charge on any atom is -0.309 e. The first-order valence-corrected chi connectivity index (χ1v) is 7.73. The van der Waals surface area contributed by atoms with Crippen LogP contribution in [-0.4, -0.2) is 31.3 Å². The largest absolute Gasteiger partial charge is 0.309 e. The molecule has 24 heavy (non-hydrogen) atoms. The Morgan fingerprint density at radius 1 is 1.04 bits per heavy atom. The second-order valence-electron chi connectivity index (χ2n) is 6.36. The van der Waals surface area contributed by atoms with Gasteiger partial charge in [-0.25, -0.2) is 8.78 Å². The Labute approximate surface area is 146 Å². The summed E-state index contributed by atoms with van der Waals surface area (Å²) in [4.78, 5) is 14.8. The molecule has 2 aromatic carbocycles. The highest BCUT2D eigenvalue weighted by molar-refractivity contribution is 6.11. The lowest BCUT2D eigenvalue weighted by Crippen LogP contribution is -2.17. The van der Waals surface area contributed by atoms with Crippen LogP contribution in [0.2, 0.25) is 0 Å². The summed E-state index contributed by atoms with van der Waals surface area (Å²) >= 11 is 0. The molecule has 0 spiro atoms. The maximum atomic E-state index is 13.7. The lowest BCUT2D eigenvalue weighted by molar-refractivity contribution is 0.103. The molecule has 0 amide bonds. The molecule has 0 radical (unpaired) electrons. The van der Waals surface area contributed by atoms with Crippen LogP contribution in [0.4, 0.5) is 8.78 Å². The van der Waals surface area contributed by atoms with Crippen LogP contribution < -0.4 is 0 Å². The molecule has 0 saturated carbocycles. The van der Waals surface area contributed by atoms with E-state index in [9.17, 15) is 13.6 Å². The number of benzene rings is 2. The van der Waals surface area contributed by atoms with Crippen LogP contribution in [0.1, 0.15) is 39.4 Å². The van der Waals surface area contributed by atoms with Crippen LogP contribution in [-0.2, 0) is 6.42 Å². The van der Waals surface area contributed by atoms with Gasteiger partial charge in [-0.05, 0) is 80.9 Å². The van der Waals surface area contributed by atoms with E-state index in [2.05, 4.69) is 4.90 Å². The molecular weight excluding hydrogens is 332 g/mol. The second kappa shape index (κ2) is 7.41. The molecule has 2 nitrogen and oxygen atoms in total. The third-order valence-electron chi connectivity index (χ3n) is 4.40. The zero-order chi connectivity index (χ0) is 16.6. The SMILES string of the molecule is CN(C)CCC1Cc2cc(F)ccc2C(=O)c2cc(F)ccc21.Cl. The molecule has 0 heterocycles. The molecule has 1 aliphatic rings. The standard InChI is InChI=1S/C19H19F2NO.ClH/c1-22(2)8-7-12-9-13-10-14(20)4-6-17(13)19(23)18-11-15(21)3-5-16(12)18;/h3-6,10-12H,7-9H2,1-2H3;1H. The quantitative estimate of drug-likeness (QED) is 0.825. The summed E-state index contributed by atoms with van der Waals surface area (Å²) in [5.74, 6) is -0.920. The van der Waals surface area contributed by atoms with E-state index in [1.807, 2.05) is 14.1 Å². The van der Waals surface area contributed by atoms with E-state index in [4.69, 9.17) is 0 Å². The highest BCUT2D eigenvalue weighted by Crippen LogP contribution is 2.34. The lowest BCUT2D eigenvalue weighted by atomic mass is 9.88. The molecule has 3 rings (SSSR count). The molecular formula is C19H20ClF2NO. The van der Waals surface area contributed by atoms with Crippen LogP contribution in [0.25, 0.3) is 0 Å². The number of ketones is 1. The van der Waals surface area contributed by atoms with E-state index in [-0.39, 0.29) is 29.9 Å². The van der Waals surface area contributed by atoms with E-state index >= 15 is 0 Å². The highest BCUT2D eigenvalue weighted by atomic mass is 35.5. The van der Waals surface area contributed by atoms with Crippen LogP contribution in [0.15, 0.2) is 36.4 Å². The molecule has 1 atom stereocenters. The number of hydrogen-bond acceptors (Lipinski definition) is 2. The van der Waals surface area contributed by atoms with Crippen molar-refractivity contribution in [2.45, 2.75) is 18.8 Å². The van der Waals surface area contributed by atoms with Gasteiger partial charge in [-0.15, -0.1) is 12.4 Å². The number of rotatable bonds is 3. The summed E-state index contributed by atoms with van der Waals surface area (Å²) in [6.07, 6.45) is 1.42. The Morgan fingerprint density at radius 2 is 1.71 bits per heavy atom. The summed E-state index contributed by atoms with van der Waals surface area (Å²) in [6.45, 7) is 0.848. The summed E-state index contributed by atoms with van der Waals surface area (Å²) in [5.41, 5.74) is 2.44. The smallest absolute Gasteiger partial charge is 0.193 e. The number of fused-ring (bicyclic) bond motifs is 2. The first-order chi connectivity index (χ1) is 11.0. The fraction of sp³-hybridized carbons (Fsp3) is 0.316. The van der Waals surface area contributed by atoms with Crippen molar-refractivity contribution in [3.05, 3.63) is 70.3 Å². The van der Waals surface area contributed by atoms with Crippen molar-refractivity contribution in [2.75, 3.05) is 20.6 Å². The number of carbonyl (C=O) groups is 1. The Kier molecular flexibility index (Phi) is 5.73. The predicted molar refractivity (Wildman–Crippen MR) is 93.1 cm³/mol. The molecule has 0 bridgehead atoms. The van der Waals surface area contributed by atoms with E-state index in [0.717, 1.165) is 18.5 Å². The summed E-state index contributed by atoms with van der Waals surface area (Å²) in [5, 5.41) is 0. The van der Waals surface area contributed by atoms with Crippen molar-refractivity contribution in [3.8, 4) is 0 Å². The fourth-order valence-corrected chi connectivity index (χ4v) is 3.23. The zero-order valence-corrected chi connectivity index (χ0v) is 14.5. The van der Waals surface area contributed by atoms with Crippen molar-refractivity contribution < 1.29 is 13.6 Å². The molecule has 0 N–H and O–H groups in total. The van der Waals surface area contributed by atoms with Crippen molar-refractivity contribution in [3.63, 3.8) is 0 Å². The highest BCUT2D eigenvalue weighted by Gasteiger charge is 2.28. The molecule has 0 aromatic heterocycles. The van der Waals surface area contributed by atoms with E-state index < -0.39 is 5.82 Å². The van der Waals surface area contributed by atoms with Gasteiger partial charge in [0.05, 0.1) is 0 Å². The third-order valence-corrected chi connectivity index (χ3v) is 4.40. The van der Waals surface area contributed by atoms with Crippen LogP contribution in [0.3, 0.4) is 0 Å². The van der Waals surface area contributed by atoms with Crippen molar-refractivity contribution >= 4 is 18.2 Å². The van der Waals surface area contributed by atoms with Gasteiger partial charge < -0.3 is 4.90 Å². The molecule has 5 heteroatoms. The monoisotopic (exact) mass is 351 g/mol. The number of nitrogens with zero attached hydrogens (tertiary/aromatic N) is 1. The normalized spacial score (nSPS) is 16.2. The molecule has 1 unspecified atom stereocenters. The van der Waals surface area contributed by atoms with Crippen molar-refractivity contribution in [1.82, 2.24) is 4.90 Å². The number of carbonyl (C=O) groups excluding carboxylic acids is 1. The first kappa shape index (κ1) is 18.6. The van der Waals surface area contributed by atoms with Gasteiger partial charge in [-0.1, -0.05) is 6.07 Å². The Bertz CT molecular complexity index is 761. The Balaban J connectivity index is 0.00000208. The molecule has 0 fully saturated rings. The molecule has 2 aromatic rings. The first-order valence-electron chi connectivity index (χ1n) is 7.73. The van der Waals surface area contributed by atoms with Crippen LogP contribution in [0.5, 0.6) is 0 Å². The molecule has 128 valence electrons. The minimum absolute atomic E-state index is 0. The summed E-state index contributed by atoms with van der Waals surface area (Å²) < 4.78 is 27.3. The van der Waals surface area contributed by atoms with Crippen LogP contribution in [0, 0.1) is 11.6 Å². The lowest BCUT2D eigenvalue weighted by Gasteiger charge is -2.20.